The molecule has 8 heteroatoms. The molecule has 0 saturated heterocycles. The summed E-state index contributed by atoms with van der Waals surface area (Å²) in [6, 6.07) is 12.4. The van der Waals surface area contributed by atoms with Gasteiger partial charge in [-0.25, -0.2) is 8.42 Å². The lowest BCUT2D eigenvalue weighted by Gasteiger charge is -2.19. The van der Waals surface area contributed by atoms with Crippen molar-refractivity contribution in [3.05, 3.63) is 54.5 Å². The first-order chi connectivity index (χ1) is 11.4. The maximum Gasteiger partial charge on any atom is 0.257 e. The van der Waals surface area contributed by atoms with Crippen molar-refractivity contribution >= 4 is 15.9 Å². The topological polar surface area (TPSA) is 88.9 Å². The van der Waals surface area contributed by atoms with Gasteiger partial charge in [-0.3, -0.25) is 4.79 Å². The van der Waals surface area contributed by atoms with E-state index in [1.54, 1.807) is 24.3 Å². The van der Waals surface area contributed by atoms with Gasteiger partial charge in [-0.15, -0.1) is 0 Å². The van der Waals surface area contributed by atoms with E-state index in [-0.39, 0.29) is 32.1 Å². The highest BCUT2D eigenvalue weighted by atomic mass is 32.2. The normalized spacial score (nSPS) is 11.4. The maximum absolute atomic E-state index is 11.8. The number of nitrogens with zero attached hydrogens (tertiary/aromatic N) is 1. The average molecular weight is 352 g/mol. The Bertz CT molecular complexity index is 729. The third-order valence-corrected chi connectivity index (χ3v) is 4.43. The number of ether oxygens (including phenoxy) is 1. The number of amides is 1. The van der Waals surface area contributed by atoms with Crippen LogP contribution in [0.5, 0.6) is 5.75 Å². The molecular weight excluding hydrogens is 332 g/mol. The van der Waals surface area contributed by atoms with Crippen LogP contribution in [0.2, 0.25) is 0 Å². The summed E-state index contributed by atoms with van der Waals surface area (Å²) in [5, 5.41) is 2.63. The highest BCUT2D eigenvalue weighted by Crippen LogP contribution is 2.09. The highest BCUT2D eigenvalue weighted by molar-refractivity contribution is 7.88. The van der Waals surface area contributed by atoms with Crippen molar-refractivity contribution in [1.82, 2.24) is 9.62 Å². The molecule has 0 spiro atoms. The zero-order chi connectivity index (χ0) is 17.4. The lowest BCUT2D eigenvalue weighted by atomic mass is 10.3. The number of sulfonamides is 1. The molecule has 0 radical (unpaired) electrons. The molecule has 0 unspecified atom stereocenters. The SMILES string of the molecule is CS(=O)(=O)N(CCNC(=O)COc1ccccc1)Cc1ccco1. The van der Waals surface area contributed by atoms with Gasteiger partial charge in [0.2, 0.25) is 10.0 Å². The minimum Gasteiger partial charge on any atom is -0.484 e. The van der Waals surface area contributed by atoms with Crippen molar-refractivity contribution in [3.8, 4) is 5.75 Å². The zero-order valence-electron chi connectivity index (χ0n) is 13.3. The molecule has 0 saturated carbocycles. The standard InChI is InChI=1S/C16H20N2O5S/c1-24(20,21)18(12-15-8-5-11-22-15)10-9-17-16(19)13-23-14-6-3-2-4-7-14/h2-8,11H,9-10,12-13H2,1H3,(H,17,19). The van der Waals surface area contributed by atoms with E-state index >= 15 is 0 Å². The summed E-state index contributed by atoms with van der Waals surface area (Å²) < 4.78 is 35.3. The van der Waals surface area contributed by atoms with Crippen LogP contribution in [-0.4, -0.2) is 44.6 Å². The van der Waals surface area contributed by atoms with Crippen LogP contribution in [0.25, 0.3) is 0 Å². The monoisotopic (exact) mass is 352 g/mol. The van der Waals surface area contributed by atoms with Crippen molar-refractivity contribution in [1.29, 1.82) is 0 Å². The molecule has 1 aromatic carbocycles. The molecule has 0 fully saturated rings. The van der Waals surface area contributed by atoms with Crippen LogP contribution in [0.4, 0.5) is 0 Å². The summed E-state index contributed by atoms with van der Waals surface area (Å²) in [6.07, 6.45) is 2.61. The Morgan fingerprint density at radius 1 is 1.21 bits per heavy atom. The second-order valence-electron chi connectivity index (χ2n) is 5.13. The first kappa shape index (κ1) is 18.0. The fourth-order valence-electron chi connectivity index (χ4n) is 1.98. The Morgan fingerprint density at radius 3 is 2.58 bits per heavy atom. The molecule has 2 rings (SSSR count). The smallest absolute Gasteiger partial charge is 0.257 e. The molecule has 0 aliphatic carbocycles. The lowest BCUT2D eigenvalue weighted by Crippen LogP contribution is -2.39. The van der Waals surface area contributed by atoms with Gasteiger partial charge < -0.3 is 14.5 Å². The average Bonchev–Trinajstić information content (AvgIpc) is 3.05. The number of hydrogen-bond donors (Lipinski definition) is 1. The number of rotatable bonds is 9. The van der Waals surface area contributed by atoms with Gasteiger partial charge in [0, 0.05) is 13.1 Å². The fraction of sp³-hybridized carbons (Fsp3) is 0.312. The fourth-order valence-corrected chi connectivity index (χ4v) is 2.76. The number of furan rings is 1. The molecule has 2 aromatic rings. The van der Waals surface area contributed by atoms with E-state index in [9.17, 15) is 13.2 Å². The Labute approximate surface area is 141 Å². The van der Waals surface area contributed by atoms with Crippen molar-refractivity contribution in [3.63, 3.8) is 0 Å². The van der Waals surface area contributed by atoms with Gasteiger partial charge in [0.15, 0.2) is 6.61 Å². The molecule has 1 heterocycles. The minimum atomic E-state index is -3.40. The van der Waals surface area contributed by atoms with Gasteiger partial charge in [0.1, 0.15) is 11.5 Å². The number of nitrogens with one attached hydrogen (secondary N) is 1. The van der Waals surface area contributed by atoms with Crippen molar-refractivity contribution in [2.45, 2.75) is 6.54 Å². The van der Waals surface area contributed by atoms with Crippen molar-refractivity contribution in [2.24, 2.45) is 0 Å². The number of para-hydroxylation sites is 1. The van der Waals surface area contributed by atoms with Crippen LogP contribution >= 0.6 is 0 Å². The third kappa shape index (κ3) is 6.05. The molecule has 1 amide bonds. The number of carbonyl (C=O) groups excluding carboxylic acids is 1. The van der Waals surface area contributed by atoms with Crippen LogP contribution in [0.1, 0.15) is 5.76 Å². The Morgan fingerprint density at radius 2 is 1.96 bits per heavy atom. The van der Waals surface area contributed by atoms with Crippen molar-refractivity contribution in [2.75, 3.05) is 26.0 Å². The quantitative estimate of drug-likeness (QED) is 0.733. The van der Waals surface area contributed by atoms with E-state index in [1.807, 2.05) is 18.2 Å². The van der Waals surface area contributed by atoms with Crippen LogP contribution in [-0.2, 0) is 21.4 Å². The molecule has 0 atom stereocenters. The predicted octanol–water partition coefficient (Wildman–Crippen LogP) is 1.24. The predicted molar refractivity (Wildman–Crippen MR) is 88.9 cm³/mol. The second-order valence-corrected chi connectivity index (χ2v) is 7.11. The van der Waals surface area contributed by atoms with E-state index in [0.29, 0.717) is 11.5 Å². The third-order valence-electron chi connectivity index (χ3n) is 3.18. The zero-order valence-corrected chi connectivity index (χ0v) is 14.2. The Balaban J connectivity index is 1.76. The van der Waals surface area contributed by atoms with E-state index in [0.717, 1.165) is 6.26 Å². The minimum absolute atomic E-state index is 0.124. The van der Waals surface area contributed by atoms with Crippen LogP contribution in [0.15, 0.2) is 53.1 Å². The van der Waals surface area contributed by atoms with Gasteiger partial charge in [0.05, 0.1) is 19.1 Å². The molecule has 24 heavy (non-hydrogen) atoms. The molecule has 0 aliphatic rings. The van der Waals surface area contributed by atoms with Crippen molar-refractivity contribution < 1.29 is 22.4 Å². The van der Waals surface area contributed by atoms with E-state index in [1.165, 1.54) is 10.6 Å². The van der Waals surface area contributed by atoms with E-state index in [4.69, 9.17) is 9.15 Å². The molecule has 7 nitrogen and oxygen atoms in total. The summed E-state index contributed by atoms with van der Waals surface area (Å²) in [4.78, 5) is 11.7. The highest BCUT2D eigenvalue weighted by Gasteiger charge is 2.18. The van der Waals surface area contributed by atoms with Crippen LogP contribution < -0.4 is 10.1 Å². The number of carbonyl (C=O) groups is 1. The molecular formula is C16H20N2O5S. The first-order valence-electron chi connectivity index (χ1n) is 7.37. The summed E-state index contributed by atoms with van der Waals surface area (Å²) in [5.41, 5.74) is 0. The largest absolute Gasteiger partial charge is 0.484 e. The molecule has 0 aliphatic heterocycles. The Kier molecular flexibility index (Phi) is 6.39. The van der Waals surface area contributed by atoms with Gasteiger partial charge in [-0.2, -0.15) is 4.31 Å². The molecule has 0 bridgehead atoms. The molecule has 1 N–H and O–H groups in total. The second kappa shape index (κ2) is 8.51. The molecule has 1 aromatic heterocycles. The van der Waals surface area contributed by atoms with Gasteiger partial charge in [-0.1, -0.05) is 18.2 Å². The van der Waals surface area contributed by atoms with E-state index < -0.39 is 10.0 Å². The summed E-state index contributed by atoms with van der Waals surface area (Å²) >= 11 is 0. The van der Waals surface area contributed by atoms with Crippen LogP contribution in [0, 0.1) is 0 Å². The summed E-state index contributed by atoms with van der Waals surface area (Å²) in [6.45, 7) is 0.338. The summed E-state index contributed by atoms with van der Waals surface area (Å²) in [7, 11) is -3.40. The lowest BCUT2D eigenvalue weighted by molar-refractivity contribution is -0.123. The van der Waals surface area contributed by atoms with E-state index in [2.05, 4.69) is 5.32 Å². The first-order valence-corrected chi connectivity index (χ1v) is 9.22. The van der Waals surface area contributed by atoms with Crippen LogP contribution in [0.3, 0.4) is 0 Å². The van der Waals surface area contributed by atoms with Gasteiger partial charge in [0.25, 0.3) is 5.91 Å². The maximum atomic E-state index is 11.8. The summed E-state index contributed by atoms with van der Waals surface area (Å²) in [5.74, 6) is 0.827. The van der Waals surface area contributed by atoms with Gasteiger partial charge in [-0.05, 0) is 24.3 Å². The number of hydrogen-bond acceptors (Lipinski definition) is 5. The Hall–Kier alpha value is -2.32. The number of benzene rings is 1. The molecule has 130 valence electrons. The van der Waals surface area contributed by atoms with Gasteiger partial charge >= 0.3 is 0 Å².